The first-order valence-electron chi connectivity index (χ1n) is 5.18. The van der Waals surface area contributed by atoms with E-state index in [9.17, 15) is 4.79 Å². The largest absolute Gasteiger partial charge is 0.484 e. The van der Waals surface area contributed by atoms with Crippen molar-refractivity contribution < 1.29 is 14.3 Å². The van der Waals surface area contributed by atoms with E-state index in [1.54, 1.807) is 7.11 Å². The number of carbonyl (C=O) groups excluding carboxylic acids is 1. The Morgan fingerprint density at radius 1 is 1.38 bits per heavy atom. The van der Waals surface area contributed by atoms with Crippen LogP contribution in [0.15, 0.2) is 30.3 Å². The molecule has 0 radical (unpaired) electrons. The van der Waals surface area contributed by atoms with Crippen LogP contribution in [0.25, 0.3) is 0 Å². The molecule has 0 fully saturated rings. The lowest BCUT2D eigenvalue weighted by molar-refractivity contribution is -0.124. The highest BCUT2D eigenvalue weighted by Gasteiger charge is 2.07. The highest BCUT2D eigenvalue weighted by molar-refractivity contribution is 5.77. The number of carbonyl (C=O) groups is 1. The molecule has 0 spiro atoms. The molecule has 0 saturated heterocycles. The van der Waals surface area contributed by atoms with Gasteiger partial charge in [0.05, 0.1) is 6.61 Å². The molecule has 0 aliphatic rings. The lowest BCUT2D eigenvalue weighted by atomic mass is 10.3. The third kappa shape index (κ3) is 4.79. The summed E-state index contributed by atoms with van der Waals surface area (Å²) in [6, 6.07) is 9.24. The maximum absolute atomic E-state index is 11.4. The van der Waals surface area contributed by atoms with E-state index in [4.69, 9.17) is 9.47 Å². The predicted octanol–water partition coefficient (Wildman–Crippen LogP) is 1.22. The lowest BCUT2D eigenvalue weighted by Crippen LogP contribution is -2.38. The van der Waals surface area contributed by atoms with Crippen LogP contribution < -0.4 is 10.1 Å². The zero-order chi connectivity index (χ0) is 11.8. The summed E-state index contributed by atoms with van der Waals surface area (Å²) < 4.78 is 10.2. The Hall–Kier alpha value is -1.55. The van der Waals surface area contributed by atoms with Gasteiger partial charge in [-0.15, -0.1) is 0 Å². The Morgan fingerprint density at radius 3 is 2.69 bits per heavy atom. The fourth-order valence-corrected chi connectivity index (χ4v) is 1.27. The monoisotopic (exact) mass is 223 g/mol. The van der Waals surface area contributed by atoms with Crippen LogP contribution in [-0.4, -0.2) is 32.3 Å². The van der Waals surface area contributed by atoms with Crippen molar-refractivity contribution in [3.05, 3.63) is 30.3 Å². The Labute approximate surface area is 95.6 Å². The average molecular weight is 223 g/mol. The minimum Gasteiger partial charge on any atom is -0.484 e. The smallest absolute Gasteiger partial charge is 0.258 e. The van der Waals surface area contributed by atoms with E-state index in [-0.39, 0.29) is 18.6 Å². The molecule has 0 aliphatic carbocycles. The van der Waals surface area contributed by atoms with Crippen LogP contribution in [-0.2, 0) is 9.53 Å². The Balaban J connectivity index is 2.25. The second-order valence-corrected chi connectivity index (χ2v) is 3.53. The normalized spacial score (nSPS) is 11.9. The molecule has 1 aromatic carbocycles. The van der Waals surface area contributed by atoms with E-state index >= 15 is 0 Å². The van der Waals surface area contributed by atoms with Crippen molar-refractivity contribution >= 4 is 5.91 Å². The van der Waals surface area contributed by atoms with E-state index in [0.717, 1.165) is 0 Å². The molecular weight excluding hydrogens is 206 g/mol. The summed E-state index contributed by atoms with van der Waals surface area (Å²) in [5, 5.41) is 2.76. The first-order valence-corrected chi connectivity index (χ1v) is 5.18. The number of benzene rings is 1. The van der Waals surface area contributed by atoms with E-state index in [1.165, 1.54) is 0 Å². The van der Waals surface area contributed by atoms with Gasteiger partial charge in [-0.1, -0.05) is 18.2 Å². The predicted molar refractivity (Wildman–Crippen MR) is 61.4 cm³/mol. The molecule has 0 unspecified atom stereocenters. The molecule has 1 rings (SSSR count). The molecule has 1 amide bonds. The second-order valence-electron chi connectivity index (χ2n) is 3.53. The first kappa shape index (κ1) is 12.5. The zero-order valence-corrected chi connectivity index (χ0v) is 9.60. The van der Waals surface area contributed by atoms with Crippen molar-refractivity contribution in [1.29, 1.82) is 0 Å². The number of amides is 1. The van der Waals surface area contributed by atoms with Crippen molar-refractivity contribution in [1.82, 2.24) is 5.32 Å². The summed E-state index contributed by atoms with van der Waals surface area (Å²) in [5.74, 6) is 0.547. The number of ether oxygens (including phenoxy) is 2. The third-order valence-corrected chi connectivity index (χ3v) is 1.94. The number of hydrogen-bond donors (Lipinski definition) is 1. The zero-order valence-electron chi connectivity index (χ0n) is 9.60. The lowest BCUT2D eigenvalue weighted by Gasteiger charge is -2.13. The van der Waals surface area contributed by atoms with Crippen LogP contribution in [0.5, 0.6) is 5.75 Å². The SMILES string of the molecule is COC[C@H](C)NC(=O)COc1ccccc1. The maximum Gasteiger partial charge on any atom is 0.258 e. The Kier molecular flexibility index (Phi) is 5.36. The van der Waals surface area contributed by atoms with Crippen LogP contribution in [0.4, 0.5) is 0 Å². The molecule has 0 bridgehead atoms. The molecule has 16 heavy (non-hydrogen) atoms. The van der Waals surface area contributed by atoms with Gasteiger partial charge >= 0.3 is 0 Å². The van der Waals surface area contributed by atoms with Crippen LogP contribution in [0, 0.1) is 0 Å². The average Bonchev–Trinajstić information content (AvgIpc) is 2.28. The number of hydrogen-bond acceptors (Lipinski definition) is 3. The molecular formula is C12H17NO3. The summed E-state index contributed by atoms with van der Waals surface area (Å²) in [4.78, 5) is 11.4. The number of para-hydroxylation sites is 1. The molecule has 4 nitrogen and oxygen atoms in total. The quantitative estimate of drug-likeness (QED) is 0.788. The number of rotatable bonds is 6. The summed E-state index contributed by atoms with van der Waals surface area (Å²) in [6.07, 6.45) is 0. The van der Waals surface area contributed by atoms with Gasteiger partial charge in [0.15, 0.2) is 6.61 Å². The van der Waals surface area contributed by atoms with Gasteiger partial charge in [-0.05, 0) is 19.1 Å². The van der Waals surface area contributed by atoms with E-state index in [0.29, 0.717) is 12.4 Å². The molecule has 0 heterocycles. The summed E-state index contributed by atoms with van der Waals surface area (Å²) >= 11 is 0. The number of nitrogens with one attached hydrogen (secondary N) is 1. The topological polar surface area (TPSA) is 47.6 Å². The van der Waals surface area contributed by atoms with E-state index in [1.807, 2.05) is 37.3 Å². The molecule has 88 valence electrons. The first-order chi connectivity index (χ1) is 7.72. The highest BCUT2D eigenvalue weighted by atomic mass is 16.5. The Morgan fingerprint density at radius 2 is 2.06 bits per heavy atom. The fraction of sp³-hybridized carbons (Fsp3) is 0.417. The standard InChI is InChI=1S/C12H17NO3/c1-10(8-15-2)13-12(14)9-16-11-6-4-3-5-7-11/h3-7,10H,8-9H2,1-2H3,(H,13,14)/t10-/m0/s1. The van der Waals surface area contributed by atoms with Gasteiger partial charge in [-0.3, -0.25) is 4.79 Å². The van der Waals surface area contributed by atoms with Crippen LogP contribution in [0.1, 0.15) is 6.92 Å². The highest BCUT2D eigenvalue weighted by Crippen LogP contribution is 2.07. The maximum atomic E-state index is 11.4. The summed E-state index contributed by atoms with van der Waals surface area (Å²) in [6.45, 7) is 2.40. The van der Waals surface area contributed by atoms with E-state index < -0.39 is 0 Å². The molecule has 4 heteroatoms. The van der Waals surface area contributed by atoms with Gasteiger partial charge in [0.25, 0.3) is 5.91 Å². The van der Waals surface area contributed by atoms with E-state index in [2.05, 4.69) is 5.32 Å². The second kappa shape index (κ2) is 6.85. The minimum atomic E-state index is -0.145. The van der Waals surface area contributed by atoms with Gasteiger partial charge in [0, 0.05) is 13.2 Å². The fourth-order valence-electron chi connectivity index (χ4n) is 1.27. The summed E-state index contributed by atoms with van der Waals surface area (Å²) in [7, 11) is 1.60. The molecule has 0 aliphatic heterocycles. The van der Waals surface area contributed by atoms with Crippen LogP contribution in [0.2, 0.25) is 0 Å². The molecule has 0 saturated carbocycles. The summed E-state index contributed by atoms with van der Waals surface area (Å²) in [5.41, 5.74) is 0. The van der Waals surface area contributed by atoms with Gasteiger partial charge in [0.2, 0.25) is 0 Å². The molecule has 1 aromatic rings. The van der Waals surface area contributed by atoms with Crippen molar-refractivity contribution in [3.63, 3.8) is 0 Å². The minimum absolute atomic E-state index is 0.00290. The van der Waals surface area contributed by atoms with Gasteiger partial charge in [-0.25, -0.2) is 0 Å². The van der Waals surface area contributed by atoms with Crippen LogP contribution in [0.3, 0.4) is 0 Å². The van der Waals surface area contributed by atoms with Gasteiger partial charge < -0.3 is 14.8 Å². The molecule has 0 aromatic heterocycles. The third-order valence-electron chi connectivity index (χ3n) is 1.94. The number of methoxy groups -OCH3 is 1. The van der Waals surface area contributed by atoms with Crippen molar-refractivity contribution in [2.45, 2.75) is 13.0 Å². The Bertz CT molecular complexity index is 313. The van der Waals surface area contributed by atoms with Crippen molar-refractivity contribution in [2.24, 2.45) is 0 Å². The van der Waals surface area contributed by atoms with Crippen molar-refractivity contribution in [3.8, 4) is 5.75 Å². The molecule has 1 N–H and O–H groups in total. The molecule has 1 atom stereocenters. The van der Waals surface area contributed by atoms with Gasteiger partial charge in [0.1, 0.15) is 5.75 Å². The van der Waals surface area contributed by atoms with Gasteiger partial charge in [-0.2, -0.15) is 0 Å². The van der Waals surface area contributed by atoms with Crippen LogP contribution >= 0.6 is 0 Å². The van der Waals surface area contributed by atoms with Crippen molar-refractivity contribution in [2.75, 3.05) is 20.3 Å².